The molecule has 3 heteroatoms. The van der Waals surface area contributed by atoms with Crippen LogP contribution in [0.5, 0.6) is 0 Å². The largest absolute Gasteiger partial charge is 0.479 e. The van der Waals surface area contributed by atoms with Crippen molar-refractivity contribution in [1.82, 2.24) is 0 Å². The third-order valence-electron chi connectivity index (χ3n) is 3.25. The van der Waals surface area contributed by atoms with Crippen molar-refractivity contribution in [3.63, 3.8) is 0 Å². The van der Waals surface area contributed by atoms with Crippen molar-refractivity contribution in [3.05, 3.63) is 35.9 Å². The van der Waals surface area contributed by atoms with Gasteiger partial charge in [-0.15, -0.1) is 0 Å². The van der Waals surface area contributed by atoms with E-state index in [0.29, 0.717) is 5.56 Å². The van der Waals surface area contributed by atoms with Crippen LogP contribution in [0.25, 0.3) is 0 Å². The highest BCUT2D eigenvalue weighted by Gasteiger charge is 2.36. The number of aliphatic hydroxyl groups is 1. The molecule has 0 fully saturated rings. The molecule has 0 radical (unpaired) electrons. The Morgan fingerprint density at radius 3 is 2.28 bits per heavy atom. The highest BCUT2D eigenvalue weighted by atomic mass is 16.4. The Hall–Kier alpha value is -1.35. The van der Waals surface area contributed by atoms with Gasteiger partial charge in [0.05, 0.1) is 0 Å². The first-order chi connectivity index (χ1) is 8.61. The van der Waals surface area contributed by atoms with E-state index in [1.807, 2.05) is 6.07 Å². The second-order valence-electron chi connectivity index (χ2n) is 4.70. The van der Waals surface area contributed by atoms with Gasteiger partial charge in [0, 0.05) is 0 Å². The lowest BCUT2D eigenvalue weighted by atomic mass is 9.88. The maximum Gasteiger partial charge on any atom is 0.340 e. The van der Waals surface area contributed by atoms with Crippen LogP contribution in [0.15, 0.2) is 30.3 Å². The molecule has 1 aromatic carbocycles. The molecule has 100 valence electrons. The normalized spacial score (nSPS) is 14.1. The fourth-order valence-corrected chi connectivity index (χ4v) is 2.07. The van der Waals surface area contributed by atoms with Gasteiger partial charge in [0.25, 0.3) is 0 Å². The van der Waals surface area contributed by atoms with Gasteiger partial charge in [-0.2, -0.15) is 0 Å². The van der Waals surface area contributed by atoms with Crippen molar-refractivity contribution in [3.8, 4) is 0 Å². The van der Waals surface area contributed by atoms with Gasteiger partial charge in [0.15, 0.2) is 5.60 Å². The van der Waals surface area contributed by atoms with Gasteiger partial charge in [-0.1, -0.05) is 62.9 Å². The predicted molar refractivity (Wildman–Crippen MR) is 71.4 cm³/mol. The SMILES string of the molecule is CCCCCCC[C@](O)(C(=O)O)c1ccccc1. The smallest absolute Gasteiger partial charge is 0.340 e. The summed E-state index contributed by atoms with van der Waals surface area (Å²) in [7, 11) is 0. The lowest BCUT2D eigenvalue weighted by molar-refractivity contribution is -0.160. The van der Waals surface area contributed by atoms with Gasteiger partial charge < -0.3 is 10.2 Å². The van der Waals surface area contributed by atoms with Crippen molar-refractivity contribution in [1.29, 1.82) is 0 Å². The first-order valence-corrected chi connectivity index (χ1v) is 6.62. The van der Waals surface area contributed by atoms with Crippen LogP contribution in [0.1, 0.15) is 51.0 Å². The van der Waals surface area contributed by atoms with Crippen LogP contribution in [0.4, 0.5) is 0 Å². The average molecular weight is 250 g/mol. The maximum absolute atomic E-state index is 11.3. The molecule has 0 saturated heterocycles. The number of carbonyl (C=O) groups is 1. The number of rotatable bonds is 8. The lowest BCUT2D eigenvalue weighted by Gasteiger charge is -2.23. The zero-order chi connectivity index (χ0) is 13.4. The molecule has 18 heavy (non-hydrogen) atoms. The fraction of sp³-hybridized carbons (Fsp3) is 0.533. The third kappa shape index (κ3) is 3.84. The molecule has 0 saturated carbocycles. The van der Waals surface area contributed by atoms with Crippen LogP contribution < -0.4 is 0 Å². The Morgan fingerprint density at radius 2 is 1.72 bits per heavy atom. The van der Waals surface area contributed by atoms with Gasteiger partial charge >= 0.3 is 5.97 Å². The predicted octanol–water partition coefficient (Wildman–Crippen LogP) is 3.32. The molecule has 1 aromatic rings. The molecule has 0 amide bonds. The number of hydrogen-bond acceptors (Lipinski definition) is 2. The summed E-state index contributed by atoms with van der Waals surface area (Å²) >= 11 is 0. The van der Waals surface area contributed by atoms with E-state index in [2.05, 4.69) is 6.92 Å². The van der Waals surface area contributed by atoms with E-state index in [1.165, 1.54) is 0 Å². The molecule has 1 atom stereocenters. The van der Waals surface area contributed by atoms with Crippen molar-refractivity contribution in [2.24, 2.45) is 0 Å². The molecule has 0 aliphatic rings. The first-order valence-electron chi connectivity index (χ1n) is 6.62. The van der Waals surface area contributed by atoms with E-state index in [-0.39, 0.29) is 6.42 Å². The second-order valence-corrected chi connectivity index (χ2v) is 4.70. The minimum atomic E-state index is -1.74. The molecule has 0 aromatic heterocycles. The Balaban J connectivity index is 2.62. The summed E-state index contributed by atoms with van der Waals surface area (Å²) < 4.78 is 0. The van der Waals surface area contributed by atoms with Crippen LogP contribution in [-0.2, 0) is 10.4 Å². The molecule has 0 aliphatic carbocycles. The van der Waals surface area contributed by atoms with E-state index in [9.17, 15) is 15.0 Å². The summed E-state index contributed by atoms with van der Waals surface area (Å²) in [6.07, 6.45) is 5.39. The number of hydrogen-bond donors (Lipinski definition) is 2. The van der Waals surface area contributed by atoms with E-state index in [1.54, 1.807) is 24.3 Å². The van der Waals surface area contributed by atoms with E-state index in [4.69, 9.17) is 0 Å². The van der Waals surface area contributed by atoms with Gasteiger partial charge in [0.1, 0.15) is 0 Å². The van der Waals surface area contributed by atoms with Crippen LogP contribution in [0.2, 0.25) is 0 Å². The number of carboxylic acid groups (broad SMARTS) is 1. The maximum atomic E-state index is 11.3. The van der Waals surface area contributed by atoms with Crippen LogP contribution in [0, 0.1) is 0 Å². The standard InChI is InChI=1S/C15H22O3/c1-2-3-4-5-9-12-15(18,14(16)17)13-10-7-6-8-11-13/h6-8,10-11,18H,2-5,9,12H2,1H3,(H,16,17)/t15-/m1/s1. The third-order valence-corrected chi connectivity index (χ3v) is 3.25. The quantitative estimate of drug-likeness (QED) is 0.696. The van der Waals surface area contributed by atoms with Crippen LogP contribution in [0.3, 0.4) is 0 Å². The Labute approximate surface area is 108 Å². The van der Waals surface area contributed by atoms with Gasteiger partial charge in [-0.25, -0.2) is 4.79 Å². The summed E-state index contributed by atoms with van der Waals surface area (Å²) in [6, 6.07) is 8.65. The number of benzene rings is 1. The number of unbranched alkanes of at least 4 members (excludes halogenated alkanes) is 4. The molecule has 0 spiro atoms. The zero-order valence-electron chi connectivity index (χ0n) is 10.9. The topological polar surface area (TPSA) is 57.5 Å². The number of aliphatic carboxylic acids is 1. The second kappa shape index (κ2) is 7.17. The molecule has 2 N–H and O–H groups in total. The molecule has 3 nitrogen and oxygen atoms in total. The van der Waals surface area contributed by atoms with Crippen molar-refractivity contribution >= 4 is 5.97 Å². The summed E-state index contributed by atoms with van der Waals surface area (Å²) in [5.74, 6) is -1.16. The molecule has 0 aliphatic heterocycles. The monoisotopic (exact) mass is 250 g/mol. The Kier molecular flexibility index (Phi) is 5.86. The molecular formula is C15H22O3. The van der Waals surface area contributed by atoms with E-state index >= 15 is 0 Å². The van der Waals surface area contributed by atoms with E-state index < -0.39 is 11.6 Å². The Bertz CT molecular complexity index is 361. The van der Waals surface area contributed by atoms with Crippen LogP contribution >= 0.6 is 0 Å². The van der Waals surface area contributed by atoms with E-state index in [0.717, 1.165) is 32.1 Å². The van der Waals surface area contributed by atoms with Crippen molar-refractivity contribution in [2.45, 2.75) is 51.0 Å². The lowest BCUT2D eigenvalue weighted by Crippen LogP contribution is -2.35. The molecule has 0 bridgehead atoms. The molecule has 0 heterocycles. The summed E-state index contributed by atoms with van der Waals surface area (Å²) in [4.78, 5) is 11.3. The minimum Gasteiger partial charge on any atom is -0.479 e. The fourth-order valence-electron chi connectivity index (χ4n) is 2.07. The van der Waals surface area contributed by atoms with Crippen molar-refractivity contribution in [2.75, 3.05) is 0 Å². The number of carboxylic acids is 1. The van der Waals surface area contributed by atoms with Gasteiger partial charge in [-0.3, -0.25) is 0 Å². The summed E-state index contributed by atoms with van der Waals surface area (Å²) in [5, 5.41) is 19.6. The zero-order valence-corrected chi connectivity index (χ0v) is 10.9. The van der Waals surface area contributed by atoms with Gasteiger partial charge in [0.2, 0.25) is 0 Å². The highest BCUT2D eigenvalue weighted by molar-refractivity contribution is 5.79. The van der Waals surface area contributed by atoms with Gasteiger partial charge in [-0.05, 0) is 18.4 Å². The molecular weight excluding hydrogens is 228 g/mol. The highest BCUT2D eigenvalue weighted by Crippen LogP contribution is 2.28. The molecule has 0 unspecified atom stereocenters. The summed E-state index contributed by atoms with van der Waals surface area (Å²) in [6.45, 7) is 2.14. The minimum absolute atomic E-state index is 0.274. The first kappa shape index (κ1) is 14.7. The summed E-state index contributed by atoms with van der Waals surface area (Å²) in [5.41, 5.74) is -1.28. The van der Waals surface area contributed by atoms with Crippen molar-refractivity contribution < 1.29 is 15.0 Å². The Morgan fingerprint density at radius 1 is 1.11 bits per heavy atom. The van der Waals surface area contributed by atoms with Crippen LogP contribution in [-0.4, -0.2) is 16.2 Å². The molecule has 1 rings (SSSR count). The average Bonchev–Trinajstić information content (AvgIpc) is 2.39.